The van der Waals surface area contributed by atoms with E-state index in [1.807, 2.05) is 10.6 Å². The van der Waals surface area contributed by atoms with E-state index in [1.54, 1.807) is 7.11 Å². The topological polar surface area (TPSA) is 52.5 Å². The van der Waals surface area contributed by atoms with E-state index in [1.165, 1.54) is 17.7 Å². The van der Waals surface area contributed by atoms with Gasteiger partial charge >= 0.3 is 0 Å². The van der Waals surface area contributed by atoms with Gasteiger partial charge in [-0.1, -0.05) is 6.07 Å². The summed E-state index contributed by atoms with van der Waals surface area (Å²) in [5.41, 5.74) is 10.2. The van der Waals surface area contributed by atoms with Gasteiger partial charge in [-0.05, 0) is 30.9 Å². The van der Waals surface area contributed by atoms with Crippen molar-refractivity contribution in [3.05, 3.63) is 23.4 Å². The van der Waals surface area contributed by atoms with Gasteiger partial charge in [0, 0.05) is 5.69 Å². The molecule has 4 nitrogen and oxygen atoms in total. The average Bonchev–Trinajstić information content (AvgIpc) is 2.82. The molecule has 2 aromatic rings. The van der Waals surface area contributed by atoms with Crippen LogP contribution in [0, 0.1) is 0 Å². The molecule has 0 radical (unpaired) electrons. The number of ether oxygens (including phenoxy) is 1. The molecule has 0 atom stereocenters. The van der Waals surface area contributed by atoms with Crippen LogP contribution < -0.4 is 10.5 Å². The highest BCUT2D eigenvalue weighted by molar-refractivity contribution is 5.75. The van der Waals surface area contributed by atoms with Crippen LogP contribution in [-0.4, -0.2) is 16.7 Å². The van der Waals surface area contributed by atoms with Gasteiger partial charge in [0.1, 0.15) is 5.69 Å². The number of hydrogen-bond donors (Lipinski definition) is 1. The van der Waals surface area contributed by atoms with Crippen LogP contribution >= 0.6 is 0 Å². The highest BCUT2D eigenvalue weighted by Crippen LogP contribution is 2.30. The molecule has 78 valence electrons. The van der Waals surface area contributed by atoms with Gasteiger partial charge in [0.15, 0.2) is 0 Å². The lowest BCUT2D eigenvalue weighted by Crippen LogP contribution is -1.97. The molecule has 0 spiro atoms. The van der Waals surface area contributed by atoms with E-state index in [0.717, 1.165) is 18.4 Å². The predicted molar refractivity (Wildman–Crippen MR) is 58.2 cm³/mol. The van der Waals surface area contributed by atoms with Gasteiger partial charge in [0.25, 0.3) is 5.88 Å². The van der Waals surface area contributed by atoms with Crippen molar-refractivity contribution in [3.8, 4) is 5.88 Å². The summed E-state index contributed by atoms with van der Waals surface area (Å²) in [5.74, 6) is 0.523. The molecule has 0 saturated heterocycles. The monoisotopic (exact) mass is 203 g/mol. The summed E-state index contributed by atoms with van der Waals surface area (Å²) < 4.78 is 7.06. The second-order valence-electron chi connectivity index (χ2n) is 3.88. The zero-order chi connectivity index (χ0) is 10.4. The van der Waals surface area contributed by atoms with E-state index in [4.69, 9.17) is 10.5 Å². The van der Waals surface area contributed by atoms with Gasteiger partial charge in [0.05, 0.1) is 12.6 Å². The zero-order valence-electron chi connectivity index (χ0n) is 8.66. The van der Waals surface area contributed by atoms with Crippen LogP contribution in [0.3, 0.4) is 0 Å². The third kappa shape index (κ3) is 1.04. The fourth-order valence-electron chi connectivity index (χ4n) is 2.29. The number of pyridine rings is 1. The van der Waals surface area contributed by atoms with E-state index in [2.05, 4.69) is 11.2 Å². The van der Waals surface area contributed by atoms with Crippen molar-refractivity contribution in [1.29, 1.82) is 0 Å². The molecule has 0 fully saturated rings. The van der Waals surface area contributed by atoms with Crippen LogP contribution in [0.25, 0.3) is 5.52 Å². The van der Waals surface area contributed by atoms with E-state index < -0.39 is 0 Å². The summed E-state index contributed by atoms with van der Waals surface area (Å²) >= 11 is 0. The van der Waals surface area contributed by atoms with Gasteiger partial charge < -0.3 is 10.5 Å². The van der Waals surface area contributed by atoms with Gasteiger partial charge in [-0.15, -0.1) is 5.10 Å². The summed E-state index contributed by atoms with van der Waals surface area (Å²) in [6.07, 6.45) is 3.43. The zero-order valence-corrected chi connectivity index (χ0v) is 8.66. The van der Waals surface area contributed by atoms with Crippen molar-refractivity contribution in [3.63, 3.8) is 0 Å². The Hall–Kier alpha value is -1.71. The number of nitrogens with zero attached hydrogens (tertiary/aromatic N) is 2. The number of aromatic nitrogens is 2. The molecule has 2 aromatic heterocycles. The minimum atomic E-state index is 0.523. The number of nitrogens with two attached hydrogens (primary N) is 1. The lowest BCUT2D eigenvalue weighted by molar-refractivity contribution is 0.396. The van der Waals surface area contributed by atoms with Crippen LogP contribution in [0.4, 0.5) is 5.69 Å². The molecule has 0 bridgehead atoms. The number of hydrogen-bond acceptors (Lipinski definition) is 3. The number of rotatable bonds is 1. The minimum absolute atomic E-state index is 0.523. The first kappa shape index (κ1) is 8.59. The van der Waals surface area contributed by atoms with Gasteiger partial charge in [-0.25, -0.2) is 4.52 Å². The van der Waals surface area contributed by atoms with Gasteiger partial charge in [-0.2, -0.15) is 0 Å². The van der Waals surface area contributed by atoms with Crippen LogP contribution in [0.5, 0.6) is 5.88 Å². The van der Waals surface area contributed by atoms with Crippen LogP contribution in [-0.2, 0) is 12.8 Å². The molecule has 0 amide bonds. The highest BCUT2D eigenvalue weighted by atomic mass is 16.5. The van der Waals surface area contributed by atoms with E-state index >= 15 is 0 Å². The Kier molecular flexibility index (Phi) is 1.65. The van der Waals surface area contributed by atoms with Crippen LogP contribution in [0.1, 0.15) is 17.7 Å². The third-order valence-corrected chi connectivity index (χ3v) is 3.05. The molecule has 3 rings (SSSR count). The third-order valence-electron chi connectivity index (χ3n) is 3.05. The van der Waals surface area contributed by atoms with Crippen molar-refractivity contribution < 1.29 is 4.74 Å². The number of fused-ring (bicyclic) bond motifs is 3. The highest BCUT2D eigenvalue weighted by Gasteiger charge is 2.18. The SMILES string of the molecule is COc1nn2c3c(ccc2c1N)CCC3. The largest absolute Gasteiger partial charge is 0.478 e. The Morgan fingerprint density at radius 1 is 1.40 bits per heavy atom. The molecule has 15 heavy (non-hydrogen) atoms. The van der Waals surface area contributed by atoms with Crippen molar-refractivity contribution in [2.75, 3.05) is 12.8 Å². The van der Waals surface area contributed by atoms with Crippen molar-refractivity contribution >= 4 is 11.2 Å². The maximum absolute atomic E-state index is 5.94. The normalized spacial score (nSPS) is 14.5. The maximum Gasteiger partial charge on any atom is 0.257 e. The average molecular weight is 203 g/mol. The summed E-state index contributed by atoms with van der Waals surface area (Å²) in [6, 6.07) is 4.17. The molecule has 2 heterocycles. The number of anilines is 1. The standard InChI is InChI=1S/C11H13N3O/c1-15-11-10(12)9-6-5-7-3-2-4-8(7)14(9)13-11/h5-6H,2-4,12H2,1H3. The second kappa shape index (κ2) is 2.89. The van der Waals surface area contributed by atoms with Crippen LogP contribution in [0.2, 0.25) is 0 Å². The van der Waals surface area contributed by atoms with E-state index in [-0.39, 0.29) is 0 Å². The first-order valence-electron chi connectivity index (χ1n) is 5.14. The maximum atomic E-state index is 5.94. The predicted octanol–water partition coefficient (Wildman–Crippen LogP) is 1.41. The minimum Gasteiger partial charge on any atom is -0.478 e. The Morgan fingerprint density at radius 2 is 2.27 bits per heavy atom. The summed E-state index contributed by atoms with van der Waals surface area (Å²) in [6.45, 7) is 0. The van der Waals surface area contributed by atoms with Crippen molar-refractivity contribution in [2.24, 2.45) is 0 Å². The molecular weight excluding hydrogens is 190 g/mol. The van der Waals surface area contributed by atoms with E-state index in [0.29, 0.717) is 11.6 Å². The molecular formula is C11H13N3O. The number of nitrogen functional groups attached to an aromatic ring is 1. The fourth-order valence-corrected chi connectivity index (χ4v) is 2.29. The molecule has 2 N–H and O–H groups in total. The Bertz CT molecular complexity index is 530. The molecule has 0 saturated carbocycles. The van der Waals surface area contributed by atoms with E-state index in [9.17, 15) is 0 Å². The molecule has 0 unspecified atom stereocenters. The lowest BCUT2D eigenvalue weighted by atomic mass is 10.2. The summed E-state index contributed by atoms with van der Waals surface area (Å²) in [5, 5.41) is 4.37. The first-order chi connectivity index (χ1) is 7.31. The summed E-state index contributed by atoms with van der Waals surface area (Å²) in [7, 11) is 1.60. The second-order valence-corrected chi connectivity index (χ2v) is 3.88. The Balaban J connectivity index is 2.37. The molecule has 1 aliphatic carbocycles. The quantitative estimate of drug-likeness (QED) is 0.762. The lowest BCUT2D eigenvalue weighted by Gasteiger charge is -2.01. The molecule has 4 heteroatoms. The van der Waals surface area contributed by atoms with Crippen molar-refractivity contribution in [2.45, 2.75) is 19.3 Å². The molecule has 0 aromatic carbocycles. The first-order valence-corrected chi connectivity index (χ1v) is 5.14. The fraction of sp³-hybridized carbons (Fsp3) is 0.364. The number of aryl methyl sites for hydroxylation is 2. The smallest absolute Gasteiger partial charge is 0.257 e. The molecule has 1 aliphatic rings. The Morgan fingerprint density at radius 3 is 3.07 bits per heavy atom. The van der Waals surface area contributed by atoms with Crippen molar-refractivity contribution in [1.82, 2.24) is 9.61 Å². The summed E-state index contributed by atoms with van der Waals surface area (Å²) in [4.78, 5) is 0. The van der Waals surface area contributed by atoms with Gasteiger partial charge in [-0.3, -0.25) is 0 Å². The van der Waals surface area contributed by atoms with Gasteiger partial charge in [0.2, 0.25) is 0 Å². The van der Waals surface area contributed by atoms with Crippen LogP contribution in [0.15, 0.2) is 12.1 Å². The molecule has 0 aliphatic heterocycles. The Labute approximate surface area is 87.6 Å². The number of methoxy groups -OCH3 is 1.